The van der Waals surface area contributed by atoms with E-state index >= 15 is 0 Å². The molecule has 5 aromatic rings. The predicted octanol–water partition coefficient (Wildman–Crippen LogP) is 4.23. The summed E-state index contributed by atoms with van der Waals surface area (Å²) in [6.07, 6.45) is 5.93. The summed E-state index contributed by atoms with van der Waals surface area (Å²) in [6, 6.07) is 14.2. The SMILES string of the molecule is CCOc1cc(OCCOC2CCCCO2)cc(C(Nc2ccc(-c3noc(C)n3)cc2)c2nn(-c3ncccn3)c(=O)[nH]2)c1. The maximum Gasteiger partial charge on any atom is 0.350 e. The van der Waals surface area contributed by atoms with Gasteiger partial charge in [-0.15, -0.1) is 9.78 Å². The Balaban J connectivity index is 1.30. The van der Waals surface area contributed by atoms with Crippen LogP contribution in [0.4, 0.5) is 5.69 Å². The average molecular weight is 615 g/mol. The van der Waals surface area contributed by atoms with Crippen LogP contribution in [0.15, 0.2) is 70.2 Å². The number of hydrogen-bond donors (Lipinski definition) is 2. The monoisotopic (exact) mass is 614 g/mol. The molecule has 0 bridgehead atoms. The minimum atomic E-state index is -0.629. The zero-order chi connectivity index (χ0) is 31.0. The standard InChI is InChI=1S/C31H34N8O6/c1-3-41-24-17-22(18-25(19-24)42-15-16-44-26-7-4-5-14-43-26)27(29-36-31(40)39(37-29)30-32-12-6-13-33-30)35-23-10-8-21(9-11-23)28-34-20(2)45-38-28/h6,8-13,17-19,26-27,35H,3-5,7,14-16H2,1-2H3,(H,36,37,40). The average Bonchev–Trinajstić information content (AvgIpc) is 3.68. The molecule has 6 rings (SSSR count). The van der Waals surface area contributed by atoms with E-state index in [2.05, 4.69) is 35.5 Å². The van der Waals surface area contributed by atoms with Gasteiger partial charge in [-0.1, -0.05) is 5.16 Å². The van der Waals surface area contributed by atoms with Crippen LogP contribution < -0.4 is 20.5 Å². The third-order valence-electron chi connectivity index (χ3n) is 6.97. The quantitative estimate of drug-likeness (QED) is 0.182. The van der Waals surface area contributed by atoms with E-state index in [-0.39, 0.29) is 12.2 Å². The van der Waals surface area contributed by atoms with Gasteiger partial charge in [-0.3, -0.25) is 4.98 Å². The fourth-order valence-corrected chi connectivity index (χ4v) is 4.89. The Morgan fingerprint density at radius 3 is 2.58 bits per heavy atom. The summed E-state index contributed by atoms with van der Waals surface area (Å²) in [7, 11) is 0. The predicted molar refractivity (Wildman–Crippen MR) is 162 cm³/mol. The second-order valence-corrected chi connectivity index (χ2v) is 10.3. The van der Waals surface area contributed by atoms with Gasteiger partial charge in [0.15, 0.2) is 12.1 Å². The highest BCUT2D eigenvalue weighted by molar-refractivity contribution is 5.60. The molecule has 3 aromatic heterocycles. The molecule has 234 valence electrons. The minimum Gasteiger partial charge on any atom is -0.494 e. The molecule has 1 fully saturated rings. The van der Waals surface area contributed by atoms with Crippen LogP contribution in [0, 0.1) is 6.92 Å². The summed E-state index contributed by atoms with van der Waals surface area (Å²) in [5.74, 6) is 2.64. The highest BCUT2D eigenvalue weighted by Gasteiger charge is 2.23. The normalized spacial score (nSPS) is 15.5. The molecule has 0 radical (unpaired) electrons. The first-order valence-electron chi connectivity index (χ1n) is 14.8. The van der Waals surface area contributed by atoms with Crippen LogP contribution in [0.1, 0.15) is 49.5 Å². The molecule has 1 aliphatic rings. The van der Waals surface area contributed by atoms with Gasteiger partial charge in [0.1, 0.15) is 24.1 Å². The van der Waals surface area contributed by atoms with Crippen LogP contribution in [-0.2, 0) is 9.47 Å². The van der Waals surface area contributed by atoms with E-state index in [1.54, 1.807) is 25.4 Å². The zero-order valence-corrected chi connectivity index (χ0v) is 25.0. The lowest BCUT2D eigenvalue weighted by atomic mass is 10.0. The molecule has 4 heterocycles. The van der Waals surface area contributed by atoms with Crippen LogP contribution in [0.5, 0.6) is 11.5 Å². The molecule has 2 unspecified atom stereocenters. The number of H-pyrrole nitrogens is 1. The second kappa shape index (κ2) is 14.1. The molecule has 2 atom stereocenters. The highest BCUT2D eigenvalue weighted by atomic mass is 16.7. The molecule has 0 aliphatic carbocycles. The molecule has 14 heteroatoms. The van der Waals surface area contributed by atoms with Crippen molar-refractivity contribution in [3.8, 4) is 28.8 Å². The van der Waals surface area contributed by atoms with Crippen molar-refractivity contribution in [1.82, 2.24) is 34.9 Å². The van der Waals surface area contributed by atoms with Gasteiger partial charge < -0.3 is 28.8 Å². The smallest absolute Gasteiger partial charge is 0.350 e. The number of rotatable bonds is 13. The lowest BCUT2D eigenvalue weighted by Crippen LogP contribution is -2.24. The van der Waals surface area contributed by atoms with E-state index in [1.165, 1.54) is 0 Å². The van der Waals surface area contributed by atoms with E-state index < -0.39 is 11.7 Å². The third-order valence-corrected chi connectivity index (χ3v) is 6.97. The lowest BCUT2D eigenvalue weighted by Gasteiger charge is -2.23. The Labute approximate surface area is 258 Å². The molecule has 1 saturated heterocycles. The third kappa shape index (κ3) is 7.53. The maximum atomic E-state index is 13.0. The zero-order valence-electron chi connectivity index (χ0n) is 25.0. The van der Waals surface area contributed by atoms with Gasteiger partial charge in [0.25, 0.3) is 5.95 Å². The van der Waals surface area contributed by atoms with E-state index in [0.29, 0.717) is 55.5 Å². The van der Waals surface area contributed by atoms with Crippen LogP contribution in [0.3, 0.4) is 0 Å². The first-order valence-corrected chi connectivity index (χ1v) is 14.8. The topological polar surface area (TPSA) is 164 Å². The van der Waals surface area contributed by atoms with Crippen LogP contribution >= 0.6 is 0 Å². The summed E-state index contributed by atoms with van der Waals surface area (Å²) in [5, 5.41) is 12.0. The molecule has 0 spiro atoms. The molecule has 45 heavy (non-hydrogen) atoms. The number of aromatic nitrogens is 7. The number of hydrogen-bond acceptors (Lipinski definition) is 12. The van der Waals surface area contributed by atoms with Crippen molar-refractivity contribution in [3.63, 3.8) is 0 Å². The Bertz CT molecular complexity index is 1730. The fourth-order valence-electron chi connectivity index (χ4n) is 4.89. The van der Waals surface area contributed by atoms with Crippen molar-refractivity contribution in [3.05, 3.63) is 88.7 Å². The number of nitrogens with zero attached hydrogens (tertiary/aromatic N) is 6. The number of anilines is 1. The number of aromatic amines is 1. The largest absolute Gasteiger partial charge is 0.494 e. The van der Waals surface area contributed by atoms with Crippen LogP contribution in [0.25, 0.3) is 17.3 Å². The molecule has 14 nitrogen and oxygen atoms in total. The van der Waals surface area contributed by atoms with Crippen LogP contribution in [0.2, 0.25) is 0 Å². The van der Waals surface area contributed by atoms with Crippen LogP contribution in [-0.4, -0.2) is 67.6 Å². The van der Waals surface area contributed by atoms with Gasteiger partial charge in [0.2, 0.25) is 11.7 Å². The highest BCUT2D eigenvalue weighted by Crippen LogP contribution is 2.32. The Morgan fingerprint density at radius 1 is 1.07 bits per heavy atom. The van der Waals surface area contributed by atoms with Crippen molar-refractivity contribution in [2.45, 2.75) is 45.4 Å². The molecule has 0 saturated carbocycles. The molecule has 1 aliphatic heterocycles. The number of aryl methyl sites for hydroxylation is 1. The van der Waals surface area contributed by atoms with E-state index in [0.717, 1.165) is 40.8 Å². The lowest BCUT2D eigenvalue weighted by molar-refractivity contribution is -0.165. The first kappa shape index (κ1) is 30.0. The van der Waals surface area contributed by atoms with E-state index in [4.69, 9.17) is 23.5 Å². The number of ether oxygens (including phenoxy) is 4. The number of benzene rings is 2. The fraction of sp³-hybridized carbons (Fsp3) is 0.355. The first-order chi connectivity index (χ1) is 22.1. The summed E-state index contributed by atoms with van der Waals surface area (Å²) in [5.41, 5.74) is 1.80. The summed E-state index contributed by atoms with van der Waals surface area (Å²) in [6.45, 7) is 5.52. The van der Waals surface area contributed by atoms with Crippen molar-refractivity contribution in [2.75, 3.05) is 31.7 Å². The van der Waals surface area contributed by atoms with Gasteiger partial charge in [0.05, 0.1) is 13.2 Å². The van der Waals surface area contributed by atoms with Gasteiger partial charge in [0, 0.05) is 43.2 Å². The van der Waals surface area contributed by atoms with Crippen molar-refractivity contribution in [1.29, 1.82) is 0 Å². The summed E-state index contributed by atoms with van der Waals surface area (Å²) >= 11 is 0. The minimum absolute atomic E-state index is 0.151. The summed E-state index contributed by atoms with van der Waals surface area (Å²) in [4.78, 5) is 28.5. The Hall–Kier alpha value is -5.08. The van der Waals surface area contributed by atoms with Gasteiger partial charge >= 0.3 is 5.69 Å². The number of nitrogens with one attached hydrogen (secondary N) is 2. The molecule has 2 aromatic carbocycles. The molecular formula is C31H34N8O6. The van der Waals surface area contributed by atoms with Gasteiger partial charge in [-0.2, -0.15) is 4.98 Å². The van der Waals surface area contributed by atoms with Gasteiger partial charge in [-0.25, -0.2) is 14.8 Å². The van der Waals surface area contributed by atoms with Crippen molar-refractivity contribution < 1.29 is 23.5 Å². The summed E-state index contributed by atoms with van der Waals surface area (Å²) < 4.78 is 29.7. The Morgan fingerprint density at radius 2 is 1.87 bits per heavy atom. The molecule has 2 N–H and O–H groups in total. The maximum absolute atomic E-state index is 13.0. The molecular weight excluding hydrogens is 580 g/mol. The van der Waals surface area contributed by atoms with Gasteiger partial charge in [-0.05, 0) is 74.2 Å². The van der Waals surface area contributed by atoms with Crippen molar-refractivity contribution >= 4 is 5.69 Å². The van der Waals surface area contributed by atoms with E-state index in [9.17, 15) is 4.79 Å². The second-order valence-electron chi connectivity index (χ2n) is 10.3. The van der Waals surface area contributed by atoms with Crippen molar-refractivity contribution in [2.24, 2.45) is 0 Å². The molecule has 0 amide bonds. The Kier molecular flexibility index (Phi) is 9.41. The van der Waals surface area contributed by atoms with E-state index in [1.807, 2.05) is 49.4 Å².